The van der Waals surface area contributed by atoms with Crippen molar-refractivity contribution in [1.29, 1.82) is 0 Å². The zero-order chi connectivity index (χ0) is 18.4. The predicted octanol–water partition coefficient (Wildman–Crippen LogP) is 5.57. The molecular weight excluding hydrogens is 402 g/mol. The fourth-order valence-corrected chi connectivity index (χ4v) is 5.91. The summed E-state index contributed by atoms with van der Waals surface area (Å²) >= 11 is 3.62. The second-order valence-electron chi connectivity index (χ2n) is 8.09. The van der Waals surface area contributed by atoms with Gasteiger partial charge < -0.3 is 9.64 Å². The van der Waals surface area contributed by atoms with Crippen LogP contribution in [0.4, 0.5) is 4.79 Å². The molecule has 0 radical (unpaired) electrons. The Labute approximate surface area is 168 Å². The maximum atomic E-state index is 12.9. The summed E-state index contributed by atoms with van der Waals surface area (Å²) in [5.41, 5.74) is 5.08. The van der Waals surface area contributed by atoms with Crippen molar-refractivity contribution in [2.75, 3.05) is 11.9 Å². The molecule has 2 saturated heterocycles. The van der Waals surface area contributed by atoms with E-state index in [0.29, 0.717) is 24.6 Å². The third kappa shape index (κ3) is 2.89. The van der Waals surface area contributed by atoms with Crippen molar-refractivity contribution in [2.45, 2.75) is 43.7 Å². The number of amides is 1. The molecule has 2 atom stereocenters. The van der Waals surface area contributed by atoms with Gasteiger partial charge in [0.1, 0.15) is 6.61 Å². The average Bonchev–Trinajstić information content (AvgIpc) is 3.17. The van der Waals surface area contributed by atoms with Crippen molar-refractivity contribution in [3.05, 3.63) is 59.7 Å². The van der Waals surface area contributed by atoms with Gasteiger partial charge in [0.05, 0.1) is 0 Å². The van der Waals surface area contributed by atoms with Gasteiger partial charge in [-0.25, -0.2) is 4.79 Å². The molecule has 5 rings (SSSR count). The zero-order valence-corrected chi connectivity index (χ0v) is 16.9. The minimum Gasteiger partial charge on any atom is -0.448 e. The van der Waals surface area contributed by atoms with Gasteiger partial charge in [-0.3, -0.25) is 0 Å². The van der Waals surface area contributed by atoms with Gasteiger partial charge in [-0.2, -0.15) is 0 Å². The number of alkyl halides is 1. The van der Waals surface area contributed by atoms with Crippen molar-refractivity contribution in [3.63, 3.8) is 0 Å². The summed E-state index contributed by atoms with van der Waals surface area (Å²) < 4.78 is 5.90. The molecule has 0 saturated carbocycles. The van der Waals surface area contributed by atoms with Crippen LogP contribution in [0.25, 0.3) is 11.1 Å². The molecule has 0 spiro atoms. The van der Waals surface area contributed by atoms with Crippen LogP contribution < -0.4 is 0 Å². The molecule has 3 aliphatic rings. The van der Waals surface area contributed by atoms with Gasteiger partial charge >= 0.3 is 6.09 Å². The van der Waals surface area contributed by atoms with Gasteiger partial charge in [0.25, 0.3) is 0 Å². The Morgan fingerprint density at radius 1 is 0.963 bits per heavy atom. The first-order chi connectivity index (χ1) is 13.3. The van der Waals surface area contributed by atoms with Crippen LogP contribution in [-0.2, 0) is 4.74 Å². The van der Waals surface area contributed by atoms with Crippen LogP contribution in [0, 0.1) is 5.92 Å². The molecule has 140 valence electrons. The highest BCUT2D eigenvalue weighted by atomic mass is 79.9. The van der Waals surface area contributed by atoms with E-state index in [1.54, 1.807) is 0 Å². The molecular formula is C23H24BrNO2. The summed E-state index contributed by atoms with van der Waals surface area (Å²) in [5, 5.41) is 1.04. The maximum Gasteiger partial charge on any atom is 0.410 e. The number of piperidine rings is 1. The summed E-state index contributed by atoms with van der Waals surface area (Å²) in [4.78, 5) is 15.0. The van der Waals surface area contributed by atoms with E-state index in [2.05, 4.69) is 64.5 Å². The molecule has 2 aromatic rings. The fraction of sp³-hybridized carbons (Fsp3) is 0.435. The van der Waals surface area contributed by atoms with Crippen LogP contribution in [-0.4, -0.2) is 35.0 Å². The molecule has 2 fully saturated rings. The van der Waals surface area contributed by atoms with Crippen LogP contribution in [0.5, 0.6) is 0 Å². The molecule has 2 bridgehead atoms. The zero-order valence-electron chi connectivity index (χ0n) is 15.3. The van der Waals surface area contributed by atoms with Gasteiger partial charge in [-0.1, -0.05) is 64.5 Å². The smallest absolute Gasteiger partial charge is 0.410 e. The molecule has 0 N–H and O–H groups in total. The van der Waals surface area contributed by atoms with Crippen molar-refractivity contribution in [1.82, 2.24) is 4.90 Å². The van der Waals surface area contributed by atoms with Gasteiger partial charge in [0, 0.05) is 23.3 Å². The third-order valence-corrected chi connectivity index (χ3v) is 7.51. The molecule has 1 amide bonds. The summed E-state index contributed by atoms with van der Waals surface area (Å²) in [6.07, 6.45) is 4.34. The van der Waals surface area contributed by atoms with E-state index in [9.17, 15) is 4.79 Å². The number of hydrogen-bond donors (Lipinski definition) is 0. The molecule has 2 aliphatic heterocycles. The number of rotatable bonds is 3. The Morgan fingerprint density at radius 3 is 2.07 bits per heavy atom. The molecule has 0 aromatic heterocycles. The number of carbonyl (C=O) groups excluding carboxylic acids is 1. The van der Waals surface area contributed by atoms with Crippen LogP contribution >= 0.6 is 15.9 Å². The Morgan fingerprint density at radius 2 is 1.52 bits per heavy atom. The van der Waals surface area contributed by atoms with Crippen LogP contribution in [0.2, 0.25) is 0 Å². The molecule has 2 unspecified atom stereocenters. The summed E-state index contributed by atoms with van der Waals surface area (Å²) in [6, 6.07) is 17.7. The number of fused-ring (bicyclic) bond motifs is 5. The van der Waals surface area contributed by atoms with E-state index in [1.165, 1.54) is 22.3 Å². The van der Waals surface area contributed by atoms with Crippen LogP contribution in [0.15, 0.2) is 48.5 Å². The second-order valence-corrected chi connectivity index (χ2v) is 8.74. The van der Waals surface area contributed by atoms with Gasteiger partial charge in [0.2, 0.25) is 0 Å². The van der Waals surface area contributed by atoms with Crippen molar-refractivity contribution in [2.24, 2.45) is 5.92 Å². The highest BCUT2D eigenvalue weighted by molar-refractivity contribution is 9.09. The highest BCUT2D eigenvalue weighted by Crippen LogP contribution is 2.45. The maximum absolute atomic E-state index is 12.9. The largest absolute Gasteiger partial charge is 0.448 e. The summed E-state index contributed by atoms with van der Waals surface area (Å²) in [6.45, 7) is 0.421. The van der Waals surface area contributed by atoms with Crippen molar-refractivity contribution in [3.8, 4) is 11.1 Å². The summed E-state index contributed by atoms with van der Waals surface area (Å²) in [7, 11) is 0. The highest BCUT2D eigenvalue weighted by Gasteiger charge is 2.44. The lowest BCUT2D eigenvalue weighted by molar-refractivity contribution is 0.0588. The van der Waals surface area contributed by atoms with Crippen LogP contribution in [0.1, 0.15) is 42.7 Å². The first-order valence-electron chi connectivity index (χ1n) is 9.95. The van der Waals surface area contributed by atoms with Crippen molar-refractivity contribution >= 4 is 22.0 Å². The number of carbonyl (C=O) groups is 1. The molecule has 2 heterocycles. The van der Waals surface area contributed by atoms with Crippen molar-refractivity contribution < 1.29 is 9.53 Å². The standard InChI is InChI=1S/C23H24BrNO2/c24-13-15-11-16-9-10-17(12-15)25(16)23(26)27-14-22-20-7-3-1-5-18(20)19-6-2-4-8-21(19)22/h1-8,15-17,22H,9-14H2. The van der Waals surface area contributed by atoms with E-state index in [0.717, 1.165) is 31.0 Å². The van der Waals surface area contributed by atoms with E-state index < -0.39 is 0 Å². The quantitative estimate of drug-likeness (QED) is 0.601. The number of benzene rings is 2. The monoisotopic (exact) mass is 425 g/mol. The van der Waals surface area contributed by atoms with Gasteiger partial charge in [0.15, 0.2) is 0 Å². The summed E-state index contributed by atoms with van der Waals surface area (Å²) in [5.74, 6) is 0.833. The van der Waals surface area contributed by atoms with E-state index in [4.69, 9.17) is 4.74 Å². The van der Waals surface area contributed by atoms with Gasteiger partial charge in [-0.05, 0) is 53.9 Å². The van der Waals surface area contributed by atoms with E-state index in [-0.39, 0.29) is 12.0 Å². The lowest BCUT2D eigenvalue weighted by atomic mass is 9.93. The Bertz CT molecular complexity index is 807. The predicted molar refractivity (Wildman–Crippen MR) is 110 cm³/mol. The Hall–Kier alpha value is -1.81. The number of halogens is 1. The molecule has 1 aliphatic carbocycles. The number of ether oxygens (including phenoxy) is 1. The molecule has 4 heteroatoms. The fourth-order valence-electron chi connectivity index (χ4n) is 5.38. The first kappa shape index (κ1) is 17.3. The Kier molecular flexibility index (Phi) is 4.47. The minimum atomic E-state index is -0.114. The number of nitrogens with zero attached hydrogens (tertiary/aromatic N) is 1. The lowest BCUT2D eigenvalue weighted by Crippen LogP contribution is -2.47. The lowest BCUT2D eigenvalue weighted by Gasteiger charge is -2.37. The average molecular weight is 426 g/mol. The second kappa shape index (κ2) is 6.97. The minimum absolute atomic E-state index is 0.114. The first-order valence-corrected chi connectivity index (χ1v) is 11.1. The van der Waals surface area contributed by atoms with Crippen LogP contribution in [0.3, 0.4) is 0 Å². The third-order valence-electron chi connectivity index (χ3n) is 6.60. The molecule has 3 nitrogen and oxygen atoms in total. The number of hydrogen-bond acceptors (Lipinski definition) is 2. The Balaban J connectivity index is 1.33. The van der Waals surface area contributed by atoms with Gasteiger partial charge in [-0.15, -0.1) is 0 Å². The van der Waals surface area contributed by atoms with E-state index >= 15 is 0 Å². The SMILES string of the molecule is O=C(OCC1c2ccccc2-c2ccccc21)N1C2CCC1CC(CBr)C2. The molecule has 27 heavy (non-hydrogen) atoms. The normalized spacial score (nSPS) is 26.0. The molecule has 2 aromatic carbocycles. The topological polar surface area (TPSA) is 29.5 Å². The van der Waals surface area contributed by atoms with E-state index in [1.807, 2.05) is 4.90 Å².